The van der Waals surface area contributed by atoms with E-state index in [4.69, 9.17) is 5.73 Å². The second kappa shape index (κ2) is 10.1. The molecule has 0 saturated heterocycles. The molecular formula is C23H22N6O3S2. The van der Waals surface area contributed by atoms with Gasteiger partial charge in [-0.25, -0.2) is 4.79 Å². The number of hydrogen-bond acceptors (Lipinski definition) is 9. The largest absolute Gasteiger partial charge is 0.384 e. The number of ketones is 1. The summed E-state index contributed by atoms with van der Waals surface area (Å²) in [4.78, 5) is 38.3. The molecule has 2 heterocycles. The highest BCUT2D eigenvalue weighted by Crippen LogP contribution is 2.29. The summed E-state index contributed by atoms with van der Waals surface area (Å²) in [5, 5.41) is 12.0. The van der Waals surface area contributed by atoms with Crippen molar-refractivity contribution in [1.82, 2.24) is 19.3 Å². The molecule has 2 aromatic heterocycles. The Morgan fingerprint density at radius 1 is 1.09 bits per heavy atom. The van der Waals surface area contributed by atoms with Crippen molar-refractivity contribution in [2.24, 2.45) is 7.05 Å². The topological polar surface area (TPSA) is 125 Å². The van der Waals surface area contributed by atoms with Crippen molar-refractivity contribution in [2.75, 3.05) is 16.8 Å². The number of nitrogens with one attached hydrogen (secondary N) is 1. The number of hydrogen-bond donors (Lipinski definition) is 2. The molecule has 0 bridgehead atoms. The number of Topliss-reactive ketones (excluding diaryl/α,β-unsaturated/α-hetero) is 1. The van der Waals surface area contributed by atoms with Crippen molar-refractivity contribution in [3.05, 3.63) is 92.1 Å². The van der Waals surface area contributed by atoms with E-state index in [0.29, 0.717) is 9.47 Å². The van der Waals surface area contributed by atoms with E-state index in [-0.39, 0.29) is 23.7 Å². The number of para-hydroxylation sites is 1. The fraction of sp³-hybridized carbons (Fsp3) is 0.174. The summed E-state index contributed by atoms with van der Waals surface area (Å²) in [7, 11) is 1.34. The highest BCUT2D eigenvalue weighted by molar-refractivity contribution is 8.01. The van der Waals surface area contributed by atoms with Gasteiger partial charge in [0.25, 0.3) is 5.56 Å². The molecule has 3 N–H and O–H groups in total. The molecule has 2 aromatic carbocycles. The predicted octanol–water partition coefficient (Wildman–Crippen LogP) is 3.06. The molecule has 0 amide bonds. The molecule has 0 atom stereocenters. The third-order valence-corrected chi connectivity index (χ3v) is 7.14. The van der Waals surface area contributed by atoms with Crippen LogP contribution in [0.2, 0.25) is 0 Å². The van der Waals surface area contributed by atoms with E-state index in [0.717, 1.165) is 33.1 Å². The predicted molar refractivity (Wildman–Crippen MR) is 135 cm³/mol. The van der Waals surface area contributed by atoms with Gasteiger partial charge >= 0.3 is 5.69 Å². The van der Waals surface area contributed by atoms with Gasteiger partial charge in [-0.2, -0.15) is 0 Å². The number of carbonyl (C=O) groups excluding carboxylic acids is 1. The first-order chi connectivity index (χ1) is 16.3. The van der Waals surface area contributed by atoms with E-state index in [9.17, 15) is 14.4 Å². The molecule has 0 aliphatic heterocycles. The summed E-state index contributed by atoms with van der Waals surface area (Å²) >= 11 is 2.46. The zero-order valence-electron chi connectivity index (χ0n) is 18.5. The minimum Gasteiger partial charge on any atom is -0.384 e. The maximum absolute atomic E-state index is 13.0. The molecule has 174 valence electrons. The lowest BCUT2D eigenvalue weighted by Gasteiger charge is -2.14. The van der Waals surface area contributed by atoms with Crippen molar-refractivity contribution < 1.29 is 4.79 Å². The number of nitrogen functional groups attached to an aromatic ring is 1. The van der Waals surface area contributed by atoms with Crippen LogP contribution in [-0.4, -0.2) is 30.9 Å². The molecular weight excluding hydrogens is 472 g/mol. The van der Waals surface area contributed by atoms with Gasteiger partial charge in [0.15, 0.2) is 10.1 Å². The monoisotopic (exact) mass is 494 g/mol. The van der Waals surface area contributed by atoms with Crippen LogP contribution in [0.25, 0.3) is 0 Å². The smallest absolute Gasteiger partial charge is 0.332 e. The minimum absolute atomic E-state index is 0.0675. The summed E-state index contributed by atoms with van der Waals surface area (Å²) in [6, 6.07) is 17.0. The van der Waals surface area contributed by atoms with Crippen LogP contribution in [0.15, 0.2) is 68.5 Å². The standard InChI is InChI=1S/C23H22N6O3S2/c1-14-8-6-7-11-16(14)25-21-26-27-22(34-21)33-13-17(30)18-19(24)29(23(32)28(2)20(18)31)12-15-9-4-3-5-10-15/h3-11H,12-13,24H2,1-2H3,(H,25,26). The Balaban J connectivity index is 1.52. The molecule has 34 heavy (non-hydrogen) atoms. The number of rotatable bonds is 8. The van der Waals surface area contributed by atoms with Crippen LogP contribution in [0.1, 0.15) is 21.5 Å². The van der Waals surface area contributed by atoms with Crippen molar-refractivity contribution in [3.8, 4) is 0 Å². The van der Waals surface area contributed by atoms with Gasteiger partial charge in [0.1, 0.15) is 11.4 Å². The quantitative estimate of drug-likeness (QED) is 0.283. The van der Waals surface area contributed by atoms with E-state index in [1.807, 2.05) is 61.5 Å². The van der Waals surface area contributed by atoms with Gasteiger partial charge in [0.2, 0.25) is 5.13 Å². The number of anilines is 3. The van der Waals surface area contributed by atoms with Crippen LogP contribution in [0.4, 0.5) is 16.6 Å². The molecule has 4 aromatic rings. The number of aryl methyl sites for hydroxylation is 1. The molecule has 0 aliphatic carbocycles. The first-order valence-electron chi connectivity index (χ1n) is 10.3. The SMILES string of the molecule is Cc1ccccc1Nc1nnc(SCC(=O)c2c(N)n(Cc3ccccc3)c(=O)n(C)c2=O)s1. The number of nitrogens with zero attached hydrogens (tertiary/aromatic N) is 4. The molecule has 0 unspecified atom stereocenters. The van der Waals surface area contributed by atoms with Crippen LogP contribution in [0.3, 0.4) is 0 Å². The Bertz CT molecular complexity index is 1460. The zero-order chi connectivity index (χ0) is 24.2. The molecule has 4 rings (SSSR count). The van der Waals surface area contributed by atoms with Gasteiger partial charge in [-0.15, -0.1) is 10.2 Å². The van der Waals surface area contributed by atoms with Crippen molar-refractivity contribution in [2.45, 2.75) is 17.8 Å². The maximum atomic E-state index is 13.0. The molecule has 9 nitrogen and oxygen atoms in total. The van der Waals surface area contributed by atoms with Crippen LogP contribution in [0.5, 0.6) is 0 Å². The Morgan fingerprint density at radius 2 is 1.79 bits per heavy atom. The second-order valence-electron chi connectivity index (χ2n) is 7.50. The van der Waals surface area contributed by atoms with E-state index in [1.165, 1.54) is 23.0 Å². The lowest BCUT2D eigenvalue weighted by atomic mass is 10.2. The number of aromatic nitrogens is 4. The molecule has 0 saturated carbocycles. The van der Waals surface area contributed by atoms with Gasteiger partial charge in [-0.3, -0.25) is 18.7 Å². The van der Waals surface area contributed by atoms with E-state index in [2.05, 4.69) is 15.5 Å². The molecule has 0 radical (unpaired) electrons. The fourth-order valence-electron chi connectivity index (χ4n) is 3.31. The molecule has 0 spiro atoms. The number of carbonyl (C=O) groups is 1. The number of benzene rings is 2. The number of nitrogens with two attached hydrogens (primary N) is 1. The van der Waals surface area contributed by atoms with E-state index >= 15 is 0 Å². The first-order valence-corrected chi connectivity index (χ1v) is 12.1. The molecule has 0 aliphatic rings. The normalized spacial score (nSPS) is 10.9. The highest BCUT2D eigenvalue weighted by atomic mass is 32.2. The van der Waals surface area contributed by atoms with Crippen molar-refractivity contribution in [1.29, 1.82) is 0 Å². The lowest BCUT2D eigenvalue weighted by molar-refractivity contribution is 0.102. The summed E-state index contributed by atoms with van der Waals surface area (Å²) in [5.74, 6) is -0.683. The van der Waals surface area contributed by atoms with Crippen LogP contribution < -0.4 is 22.3 Å². The van der Waals surface area contributed by atoms with Crippen molar-refractivity contribution in [3.63, 3.8) is 0 Å². The van der Waals surface area contributed by atoms with Crippen LogP contribution >= 0.6 is 23.1 Å². The van der Waals surface area contributed by atoms with Crippen molar-refractivity contribution >= 4 is 45.5 Å². The van der Waals surface area contributed by atoms with E-state index < -0.39 is 17.0 Å². The Morgan fingerprint density at radius 3 is 2.53 bits per heavy atom. The summed E-state index contributed by atoms with van der Waals surface area (Å²) < 4.78 is 2.72. The summed E-state index contributed by atoms with van der Waals surface area (Å²) in [5.41, 5.74) is 7.48. The zero-order valence-corrected chi connectivity index (χ0v) is 20.2. The van der Waals surface area contributed by atoms with Gasteiger partial charge in [0, 0.05) is 12.7 Å². The van der Waals surface area contributed by atoms with Gasteiger partial charge in [-0.05, 0) is 24.1 Å². The highest BCUT2D eigenvalue weighted by Gasteiger charge is 2.22. The summed E-state index contributed by atoms with van der Waals surface area (Å²) in [6.07, 6.45) is 0. The Labute approximate surface area is 203 Å². The maximum Gasteiger partial charge on any atom is 0.332 e. The fourth-order valence-corrected chi connectivity index (χ4v) is 4.95. The van der Waals surface area contributed by atoms with Gasteiger partial charge in [0.05, 0.1) is 12.3 Å². The lowest BCUT2D eigenvalue weighted by Crippen LogP contribution is -2.43. The number of thioether (sulfide) groups is 1. The van der Waals surface area contributed by atoms with Gasteiger partial charge < -0.3 is 11.1 Å². The van der Waals surface area contributed by atoms with Crippen LogP contribution in [0, 0.1) is 6.92 Å². The second-order valence-corrected chi connectivity index (χ2v) is 9.70. The molecule has 0 fully saturated rings. The Kier molecular flexibility index (Phi) is 6.94. The van der Waals surface area contributed by atoms with Gasteiger partial charge in [-0.1, -0.05) is 71.6 Å². The Hall–Kier alpha value is -3.70. The minimum atomic E-state index is -0.711. The first kappa shape index (κ1) is 23.5. The summed E-state index contributed by atoms with van der Waals surface area (Å²) in [6.45, 7) is 2.14. The van der Waals surface area contributed by atoms with E-state index in [1.54, 1.807) is 0 Å². The third-order valence-electron chi connectivity index (χ3n) is 5.17. The average molecular weight is 495 g/mol. The molecule has 11 heteroatoms. The average Bonchev–Trinajstić information content (AvgIpc) is 3.29. The third kappa shape index (κ3) is 4.95. The van der Waals surface area contributed by atoms with Crippen LogP contribution in [-0.2, 0) is 13.6 Å².